The van der Waals surface area contributed by atoms with Crippen LogP contribution in [0, 0.1) is 5.41 Å². The van der Waals surface area contributed by atoms with E-state index < -0.39 is 0 Å². The van der Waals surface area contributed by atoms with Gasteiger partial charge in [0.05, 0.1) is 5.60 Å². The summed E-state index contributed by atoms with van der Waals surface area (Å²) in [5.41, 5.74) is 0.668. The largest absolute Gasteiger partial charge is 0.374 e. The summed E-state index contributed by atoms with van der Waals surface area (Å²) < 4.78 is 6.04. The maximum Gasteiger partial charge on any atom is 0.0795 e. The molecule has 0 aromatic rings. The Bertz CT molecular complexity index is 243. The quantitative estimate of drug-likeness (QED) is 0.839. The van der Waals surface area contributed by atoms with Gasteiger partial charge < -0.3 is 10.1 Å². The fraction of sp³-hybridized carbons (Fsp3) is 1.00. The zero-order chi connectivity index (χ0) is 12.4. The van der Waals surface area contributed by atoms with Crippen LogP contribution < -0.4 is 5.32 Å². The molecule has 2 unspecified atom stereocenters. The SMILES string of the molecule is CC(C)(C)CCNC1CCOC2(CCSC2)C1. The van der Waals surface area contributed by atoms with E-state index in [1.807, 2.05) is 0 Å². The molecule has 0 aromatic heterocycles. The van der Waals surface area contributed by atoms with Gasteiger partial charge >= 0.3 is 0 Å². The highest BCUT2D eigenvalue weighted by Crippen LogP contribution is 2.38. The number of hydrogen-bond donors (Lipinski definition) is 1. The van der Waals surface area contributed by atoms with Crippen LogP contribution in [-0.2, 0) is 4.74 Å². The first kappa shape index (κ1) is 13.7. The molecule has 3 heteroatoms. The van der Waals surface area contributed by atoms with Crippen LogP contribution in [0.5, 0.6) is 0 Å². The van der Waals surface area contributed by atoms with Crippen LogP contribution in [0.1, 0.15) is 46.5 Å². The predicted octanol–water partition coefficient (Wildman–Crippen LogP) is 3.07. The average Bonchev–Trinajstić information content (AvgIpc) is 2.64. The highest BCUT2D eigenvalue weighted by molar-refractivity contribution is 7.99. The summed E-state index contributed by atoms with van der Waals surface area (Å²) >= 11 is 2.06. The number of hydrogen-bond acceptors (Lipinski definition) is 3. The summed E-state index contributed by atoms with van der Waals surface area (Å²) in [5.74, 6) is 2.50. The molecule has 2 saturated heterocycles. The predicted molar refractivity (Wildman–Crippen MR) is 75.7 cm³/mol. The minimum atomic E-state index is 0.225. The van der Waals surface area contributed by atoms with Gasteiger partial charge in [0.25, 0.3) is 0 Å². The van der Waals surface area contributed by atoms with Crippen molar-refractivity contribution in [3.63, 3.8) is 0 Å². The van der Waals surface area contributed by atoms with Gasteiger partial charge in [0, 0.05) is 18.4 Å². The Morgan fingerprint density at radius 2 is 2.24 bits per heavy atom. The van der Waals surface area contributed by atoms with Crippen LogP contribution in [-0.4, -0.2) is 36.3 Å². The smallest absolute Gasteiger partial charge is 0.0795 e. The second-order valence-corrected chi connectivity index (χ2v) is 7.89. The lowest BCUT2D eigenvalue weighted by molar-refractivity contribution is -0.0702. The fourth-order valence-corrected chi connectivity index (χ4v) is 4.09. The van der Waals surface area contributed by atoms with Crippen LogP contribution in [0.15, 0.2) is 0 Å². The molecule has 1 spiro atoms. The van der Waals surface area contributed by atoms with E-state index in [1.165, 1.54) is 37.2 Å². The monoisotopic (exact) mass is 257 g/mol. The van der Waals surface area contributed by atoms with Crippen LogP contribution in [0.25, 0.3) is 0 Å². The number of thioether (sulfide) groups is 1. The van der Waals surface area contributed by atoms with Gasteiger partial charge in [-0.3, -0.25) is 0 Å². The molecule has 17 heavy (non-hydrogen) atoms. The minimum absolute atomic E-state index is 0.225. The first-order valence-corrected chi connectivity index (χ1v) is 8.10. The van der Waals surface area contributed by atoms with E-state index in [4.69, 9.17) is 4.74 Å². The van der Waals surface area contributed by atoms with Crippen molar-refractivity contribution in [3.8, 4) is 0 Å². The third kappa shape index (κ3) is 4.15. The van der Waals surface area contributed by atoms with Crippen molar-refractivity contribution in [2.75, 3.05) is 24.7 Å². The molecule has 100 valence electrons. The number of rotatable bonds is 3. The summed E-state index contributed by atoms with van der Waals surface area (Å²) in [6.07, 6.45) is 4.93. The molecule has 2 heterocycles. The molecule has 1 N–H and O–H groups in total. The standard InChI is InChI=1S/C14H27NOS/c1-13(2,3)5-7-15-12-4-8-16-14(10-12)6-9-17-11-14/h12,15H,4-11H2,1-3H3. The van der Waals surface area contributed by atoms with E-state index in [9.17, 15) is 0 Å². The Balaban J connectivity index is 1.74. The first-order valence-electron chi connectivity index (χ1n) is 6.94. The maximum atomic E-state index is 6.04. The van der Waals surface area contributed by atoms with Gasteiger partial charge in [0.1, 0.15) is 0 Å². The van der Waals surface area contributed by atoms with Gasteiger partial charge in [-0.2, -0.15) is 11.8 Å². The number of ether oxygens (including phenoxy) is 1. The Labute approximate surface area is 110 Å². The first-order chi connectivity index (χ1) is 7.99. The molecule has 0 bridgehead atoms. The highest BCUT2D eigenvalue weighted by atomic mass is 32.2. The van der Waals surface area contributed by atoms with Crippen molar-refractivity contribution in [2.45, 2.75) is 58.1 Å². The van der Waals surface area contributed by atoms with E-state index in [1.54, 1.807) is 0 Å². The van der Waals surface area contributed by atoms with E-state index in [2.05, 4.69) is 37.8 Å². The lowest BCUT2D eigenvalue weighted by Crippen LogP contribution is -2.47. The van der Waals surface area contributed by atoms with E-state index in [0.717, 1.165) is 13.2 Å². The van der Waals surface area contributed by atoms with Crippen molar-refractivity contribution >= 4 is 11.8 Å². The van der Waals surface area contributed by atoms with E-state index in [0.29, 0.717) is 11.5 Å². The summed E-state index contributed by atoms with van der Waals surface area (Å²) in [7, 11) is 0. The summed E-state index contributed by atoms with van der Waals surface area (Å²) in [6, 6.07) is 0.685. The molecule has 0 aliphatic carbocycles. The van der Waals surface area contributed by atoms with Gasteiger partial charge in [-0.1, -0.05) is 20.8 Å². The molecular weight excluding hydrogens is 230 g/mol. The summed E-state index contributed by atoms with van der Waals surface area (Å²) in [4.78, 5) is 0. The molecule has 0 amide bonds. The summed E-state index contributed by atoms with van der Waals surface area (Å²) in [5, 5.41) is 3.74. The Morgan fingerprint density at radius 1 is 1.41 bits per heavy atom. The third-order valence-corrected chi connectivity index (χ3v) is 5.09. The van der Waals surface area contributed by atoms with Crippen LogP contribution in [0.4, 0.5) is 0 Å². The normalized spacial score (nSPS) is 34.4. The highest BCUT2D eigenvalue weighted by Gasteiger charge is 2.40. The molecule has 0 aromatic carbocycles. The Hall–Kier alpha value is 0.270. The van der Waals surface area contributed by atoms with E-state index >= 15 is 0 Å². The maximum absolute atomic E-state index is 6.04. The molecule has 2 fully saturated rings. The van der Waals surface area contributed by atoms with Crippen molar-refractivity contribution in [3.05, 3.63) is 0 Å². The lowest BCUT2D eigenvalue weighted by atomic mass is 9.89. The topological polar surface area (TPSA) is 21.3 Å². The zero-order valence-electron chi connectivity index (χ0n) is 11.6. The van der Waals surface area contributed by atoms with Crippen molar-refractivity contribution in [2.24, 2.45) is 5.41 Å². The van der Waals surface area contributed by atoms with Crippen molar-refractivity contribution in [1.82, 2.24) is 5.32 Å². The van der Waals surface area contributed by atoms with Crippen LogP contribution in [0.2, 0.25) is 0 Å². The van der Waals surface area contributed by atoms with Gasteiger partial charge in [-0.15, -0.1) is 0 Å². The van der Waals surface area contributed by atoms with Gasteiger partial charge in [-0.05, 0) is 43.4 Å². The zero-order valence-corrected chi connectivity index (χ0v) is 12.4. The average molecular weight is 257 g/mol. The molecule has 2 aliphatic rings. The lowest BCUT2D eigenvalue weighted by Gasteiger charge is -2.38. The summed E-state index contributed by atoms with van der Waals surface area (Å²) in [6.45, 7) is 9.04. The van der Waals surface area contributed by atoms with Gasteiger partial charge in [-0.25, -0.2) is 0 Å². The van der Waals surface area contributed by atoms with Crippen LogP contribution >= 0.6 is 11.8 Å². The molecule has 0 saturated carbocycles. The van der Waals surface area contributed by atoms with Crippen LogP contribution in [0.3, 0.4) is 0 Å². The second-order valence-electron chi connectivity index (χ2n) is 6.79. The third-order valence-electron chi connectivity index (χ3n) is 3.87. The molecule has 2 rings (SSSR count). The van der Waals surface area contributed by atoms with Crippen molar-refractivity contribution in [1.29, 1.82) is 0 Å². The Kier molecular flexibility index (Phi) is 4.43. The molecule has 2 aliphatic heterocycles. The number of nitrogens with one attached hydrogen (secondary N) is 1. The molecule has 2 atom stereocenters. The minimum Gasteiger partial charge on any atom is -0.374 e. The van der Waals surface area contributed by atoms with Gasteiger partial charge in [0.15, 0.2) is 0 Å². The van der Waals surface area contributed by atoms with Crippen molar-refractivity contribution < 1.29 is 4.74 Å². The second kappa shape index (κ2) is 5.50. The van der Waals surface area contributed by atoms with Gasteiger partial charge in [0.2, 0.25) is 0 Å². The Morgan fingerprint density at radius 3 is 2.88 bits per heavy atom. The van der Waals surface area contributed by atoms with E-state index in [-0.39, 0.29) is 5.60 Å². The molecular formula is C14H27NOS. The fourth-order valence-electron chi connectivity index (χ4n) is 2.72. The molecule has 2 nitrogen and oxygen atoms in total. The molecule has 0 radical (unpaired) electrons.